The van der Waals surface area contributed by atoms with Crippen LogP contribution in [-0.4, -0.2) is 52.1 Å². The molecule has 1 fully saturated rings. The Hall–Kier alpha value is -1.92. The highest BCUT2D eigenvalue weighted by atomic mass is 35.5. The molecular formula is C16H19ClN4O2. The number of rotatable bonds is 4. The Balaban J connectivity index is 1.54. The molecule has 1 aliphatic rings. The van der Waals surface area contributed by atoms with Crippen molar-refractivity contribution < 1.29 is 9.21 Å². The summed E-state index contributed by atoms with van der Waals surface area (Å²) >= 11 is 5.95. The Morgan fingerprint density at radius 3 is 2.61 bits per heavy atom. The van der Waals surface area contributed by atoms with Gasteiger partial charge in [-0.3, -0.25) is 9.69 Å². The normalized spacial score (nSPS) is 15.8. The summed E-state index contributed by atoms with van der Waals surface area (Å²) in [4.78, 5) is 16.5. The number of halogens is 1. The number of aromatic nitrogens is 2. The Bertz CT molecular complexity index is 680. The van der Waals surface area contributed by atoms with Gasteiger partial charge < -0.3 is 9.32 Å². The zero-order valence-electron chi connectivity index (χ0n) is 13.0. The van der Waals surface area contributed by atoms with E-state index in [4.69, 9.17) is 16.0 Å². The number of aryl methyl sites for hydroxylation is 1. The molecule has 0 N–H and O–H groups in total. The smallest absolute Gasteiger partial charge is 0.253 e. The Kier molecular flexibility index (Phi) is 4.93. The minimum Gasteiger partial charge on any atom is -0.424 e. The quantitative estimate of drug-likeness (QED) is 0.858. The van der Waals surface area contributed by atoms with Gasteiger partial charge in [0, 0.05) is 43.2 Å². The molecule has 1 aromatic carbocycles. The van der Waals surface area contributed by atoms with Gasteiger partial charge in [0.15, 0.2) is 0 Å². The number of carbonyl (C=O) groups excluding carboxylic acids is 1. The molecule has 2 heterocycles. The summed E-state index contributed by atoms with van der Waals surface area (Å²) in [7, 11) is 0. The lowest BCUT2D eigenvalue weighted by Crippen LogP contribution is -2.48. The van der Waals surface area contributed by atoms with Gasteiger partial charge in [0.25, 0.3) is 5.91 Å². The van der Waals surface area contributed by atoms with Crippen molar-refractivity contribution in [2.75, 3.05) is 26.2 Å². The van der Waals surface area contributed by atoms with E-state index in [0.717, 1.165) is 19.5 Å². The number of carbonyl (C=O) groups is 1. The molecule has 1 saturated heterocycles. The van der Waals surface area contributed by atoms with E-state index in [1.807, 2.05) is 11.8 Å². The van der Waals surface area contributed by atoms with Gasteiger partial charge in [-0.25, -0.2) is 0 Å². The maximum atomic E-state index is 12.5. The highest BCUT2D eigenvalue weighted by Gasteiger charge is 2.23. The zero-order valence-corrected chi connectivity index (χ0v) is 13.8. The SMILES string of the molecule is CCc1nnc(CN2CCN(C(=O)c3cccc(Cl)c3)CC2)o1. The summed E-state index contributed by atoms with van der Waals surface area (Å²) in [5.41, 5.74) is 0.635. The standard InChI is InChI=1S/C16H19ClN4O2/c1-2-14-18-19-15(23-14)11-20-6-8-21(9-7-20)16(22)12-4-3-5-13(17)10-12/h3-5,10H,2,6-9,11H2,1H3. The zero-order chi connectivity index (χ0) is 16.2. The molecule has 0 unspecified atom stereocenters. The molecule has 1 aromatic heterocycles. The maximum absolute atomic E-state index is 12.5. The summed E-state index contributed by atoms with van der Waals surface area (Å²) in [6.45, 7) is 5.55. The Morgan fingerprint density at radius 2 is 1.96 bits per heavy atom. The molecule has 0 atom stereocenters. The second kappa shape index (κ2) is 7.10. The van der Waals surface area contributed by atoms with Crippen LogP contribution in [0.5, 0.6) is 0 Å². The molecule has 2 aromatic rings. The van der Waals surface area contributed by atoms with Crippen LogP contribution in [0.2, 0.25) is 5.02 Å². The lowest BCUT2D eigenvalue weighted by molar-refractivity contribution is 0.0617. The van der Waals surface area contributed by atoms with E-state index in [0.29, 0.717) is 42.0 Å². The lowest BCUT2D eigenvalue weighted by atomic mass is 10.2. The number of piperazine rings is 1. The van der Waals surface area contributed by atoms with Crippen LogP contribution in [0.25, 0.3) is 0 Å². The molecule has 7 heteroatoms. The molecule has 0 aliphatic carbocycles. The molecule has 1 aliphatic heterocycles. The average Bonchev–Trinajstić information content (AvgIpc) is 3.02. The number of nitrogens with zero attached hydrogens (tertiary/aromatic N) is 4. The maximum Gasteiger partial charge on any atom is 0.253 e. The van der Waals surface area contributed by atoms with Crippen molar-refractivity contribution in [2.45, 2.75) is 19.9 Å². The predicted octanol–water partition coefficient (Wildman–Crippen LogP) is 2.24. The fraction of sp³-hybridized carbons (Fsp3) is 0.438. The van der Waals surface area contributed by atoms with Crippen molar-refractivity contribution in [3.63, 3.8) is 0 Å². The van der Waals surface area contributed by atoms with Crippen molar-refractivity contribution in [3.05, 3.63) is 46.6 Å². The fourth-order valence-corrected chi connectivity index (χ4v) is 2.79. The average molecular weight is 335 g/mol. The van der Waals surface area contributed by atoms with Crippen LogP contribution < -0.4 is 0 Å². The van der Waals surface area contributed by atoms with Crippen molar-refractivity contribution >= 4 is 17.5 Å². The molecule has 0 bridgehead atoms. The van der Waals surface area contributed by atoms with Gasteiger partial charge in [0.2, 0.25) is 11.8 Å². The summed E-state index contributed by atoms with van der Waals surface area (Å²) in [5, 5.41) is 8.59. The van der Waals surface area contributed by atoms with E-state index in [-0.39, 0.29) is 5.91 Å². The predicted molar refractivity (Wildman–Crippen MR) is 86.3 cm³/mol. The van der Waals surface area contributed by atoms with E-state index in [2.05, 4.69) is 15.1 Å². The first-order valence-electron chi connectivity index (χ1n) is 7.74. The molecule has 6 nitrogen and oxygen atoms in total. The van der Waals surface area contributed by atoms with Gasteiger partial charge in [-0.2, -0.15) is 0 Å². The molecular weight excluding hydrogens is 316 g/mol. The highest BCUT2D eigenvalue weighted by molar-refractivity contribution is 6.30. The van der Waals surface area contributed by atoms with Crippen molar-refractivity contribution in [3.8, 4) is 0 Å². The molecule has 3 rings (SSSR count). The Labute approximate surface area is 140 Å². The highest BCUT2D eigenvalue weighted by Crippen LogP contribution is 2.15. The molecule has 23 heavy (non-hydrogen) atoms. The lowest BCUT2D eigenvalue weighted by Gasteiger charge is -2.34. The monoisotopic (exact) mass is 334 g/mol. The minimum absolute atomic E-state index is 0.0261. The van der Waals surface area contributed by atoms with Crippen molar-refractivity contribution in [1.82, 2.24) is 20.0 Å². The molecule has 0 radical (unpaired) electrons. The van der Waals surface area contributed by atoms with Crippen molar-refractivity contribution in [1.29, 1.82) is 0 Å². The van der Waals surface area contributed by atoms with E-state index < -0.39 is 0 Å². The topological polar surface area (TPSA) is 62.5 Å². The third kappa shape index (κ3) is 3.89. The molecule has 0 saturated carbocycles. The van der Waals surface area contributed by atoms with E-state index >= 15 is 0 Å². The van der Waals surface area contributed by atoms with Crippen LogP contribution in [0, 0.1) is 0 Å². The molecule has 122 valence electrons. The van der Waals surface area contributed by atoms with Crippen LogP contribution in [0.4, 0.5) is 0 Å². The van der Waals surface area contributed by atoms with Crippen LogP contribution in [0.1, 0.15) is 29.1 Å². The number of hydrogen-bond donors (Lipinski definition) is 0. The Morgan fingerprint density at radius 1 is 1.22 bits per heavy atom. The first-order valence-corrected chi connectivity index (χ1v) is 8.12. The van der Waals surface area contributed by atoms with Gasteiger partial charge >= 0.3 is 0 Å². The third-order valence-corrected chi connectivity index (χ3v) is 4.14. The van der Waals surface area contributed by atoms with E-state index in [1.165, 1.54) is 0 Å². The van der Waals surface area contributed by atoms with Gasteiger partial charge in [-0.15, -0.1) is 10.2 Å². The minimum atomic E-state index is 0.0261. The largest absolute Gasteiger partial charge is 0.424 e. The van der Waals surface area contributed by atoms with Gasteiger partial charge in [0.05, 0.1) is 6.54 Å². The summed E-state index contributed by atoms with van der Waals surface area (Å²) < 4.78 is 5.53. The van der Waals surface area contributed by atoms with Gasteiger partial charge in [-0.1, -0.05) is 24.6 Å². The van der Waals surface area contributed by atoms with Crippen molar-refractivity contribution in [2.24, 2.45) is 0 Å². The first kappa shape index (κ1) is 16.0. The summed E-state index contributed by atoms with van der Waals surface area (Å²) in [6, 6.07) is 7.07. The molecule has 1 amide bonds. The number of hydrogen-bond acceptors (Lipinski definition) is 5. The fourth-order valence-electron chi connectivity index (χ4n) is 2.60. The summed E-state index contributed by atoms with van der Waals surface area (Å²) in [5.74, 6) is 1.32. The van der Waals surface area contributed by atoms with Crippen LogP contribution >= 0.6 is 11.6 Å². The molecule has 0 spiro atoms. The first-order chi connectivity index (χ1) is 11.2. The van der Waals surface area contributed by atoms with Crippen LogP contribution in [0.15, 0.2) is 28.7 Å². The number of benzene rings is 1. The van der Waals surface area contributed by atoms with Crippen LogP contribution in [0.3, 0.4) is 0 Å². The second-order valence-electron chi connectivity index (χ2n) is 5.52. The summed E-state index contributed by atoms with van der Waals surface area (Å²) in [6.07, 6.45) is 0.745. The third-order valence-electron chi connectivity index (χ3n) is 3.90. The van der Waals surface area contributed by atoms with Gasteiger partial charge in [-0.05, 0) is 18.2 Å². The number of amides is 1. The second-order valence-corrected chi connectivity index (χ2v) is 5.96. The van der Waals surface area contributed by atoms with Gasteiger partial charge in [0.1, 0.15) is 0 Å². The van der Waals surface area contributed by atoms with E-state index in [9.17, 15) is 4.79 Å². The van der Waals surface area contributed by atoms with Crippen LogP contribution in [-0.2, 0) is 13.0 Å². The van der Waals surface area contributed by atoms with E-state index in [1.54, 1.807) is 24.3 Å².